The maximum absolute atomic E-state index is 12.1. The van der Waals surface area contributed by atoms with Crippen molar-refractivity contribution in [1.29, 1.82) is 0 Å². The van der Waals surface area contributed by atoms with Crippen LogP contribution in [0, 0.1) is 0 Å². The number of ether oxygens (including phenoxy) is 2. The maximum Gasteiger partial charge on any atom is 0.179 e. The lowest BCUT2D eigenvalue weighted by Gasteiger charge is -2.20. The van der Waals surface area contributed by atoms with E-state index in [-0.39, 0.29) is 0 Å². The standard InChI is InChI=1S/C14H15ClN2O3S/c15-12-8-11(9-13-14(12)20-6-5-19-13)10-21(18)7-4-17-3-1-2-16-17/h1-3,8-9H,4-7,10H2/t21-/m1/s1. The molecule has 0 unspecified atom stereocenters. The van der Waals surface area contributed by atoms with Gasteiger partial charge in [-0.1, -0.05) is 11.6 Å². The minimum Gasteiger partial charge on any atom is -0.486 e. The van der Waals surface area contributed by atoms with Gasteiger partial charge in [-0.05, 0) is 23.8 Å². The van der Waals surface area contributed by atoms with Crippen molar-refractivity contribution in [2.45, 2.75) is 12.3 Å². The van der Waals surface area contributed by atoms with Crippen molar-refractivity contribution in [3.8, 4) is 11.5 Å². The molecule has 0 saturated carbocycles. The highest BCUT2D eigenvalue weighted by Crippen LogP contribution is 2.38. The second-order valence-corrected chi connectivity index (χ2v) is 6.64. The lowest BCUT2D eigenvalue weighted by molar-refractivity contribution is 0.171. The summed E-state index contributed by atoms with van der Waals surface area (Å²) in [5.74, 6) is 2.20. The molecule has 0 saturated heterocycles. The quantitative estimate of drug-likeness (QED) is 0.845. The van der Waals surface area contributed by atoms with Crippen molar-refractivity contribution in [2.24, 2.45) is 0 Å². The van der Waals surface area contributed by atoms with Gasteiger partial charge in [0, 0.05) is 34.7 Å². The number of nitrogens with zero attached hydrogens (tertiary/aromatic N) is 2. The monoisotopic (exact) mass is 326 g/mol. The van der Waals surface area contributed by atoms with E-state index in [1.807, 2.05) is 18.3 Å². The van der Waals surface area contributed by atoms with Crippen molar-refractivity contribution >= 4 is 22.4 Å². The Labute approximate surface area is 130 Å². The predicted octanol–water partition coefficient (Wildman–Crippen LogP) is 2.26. The molecule has 0 bridgehead atoms. The molecule has 1 aliphatic heterocycles. The van der Waals surface area contributed by atoms with Crippen LogP contribution < -0.4 is 9.47 Å². The Hall–Kier alpha value is -1.53. The molecular formula is C14H15ClN2O3S. The molecule has 112 valence electrons. The molecule has 0 N–H and O–H groups in total. The van der Waals surface area contributed by atoms with Crippen molar-refractivity contribution < 1.29 is 13.7 Å². The predicted molar refractivity (Wildman–Crippen MR) is 81.4 cm³/mol. The van der Waals surface area contributed by atoms with Crippen LogP contribution in [0.3, 0.4) is 0 Å². The number of hydrogen-bond donors (Lipinski definition) is 0. The fourth-order valence-electron chi connectivity index (χ4n) is 2.13. The van der Waals surface area contributed by atoms with Crippen LogP contribution >= 0.6 is 11.6 Å². The lowest BCUT2D eigenvalue weighted by Crippen LogP contribution is -2.16. The van der Waals surface area contributed by atoms with Gasteiger partial charge in [-0.15, -0.1) is 0 Å². The largest absolute Gasteiger partial charge is 0.486 e. The summed E-state index contributed by atoms with van der Waals surface area (Å²) >= 11 is 6.17. The van der Waals surface area contributed by atoms with Crippen LogP contribution in [0.1, 0.15) is 5.56 Å². The summed E-state index contributed by atoms with van der Waals surface area (Å²) in [6.07, 6.45) is 3.57. The maximum atomic E-state index is 12.1. The van der Waals surface area contributed by atoms with Gasteiger partial charge in [-0.25, -0.2) is 0 Å². The molecule has 21 heavy (non-hydrogen) atoms. The van der Waals surface area contributed by atoms with E-state index in [9.17, 15) is 4.21 Å². The Balaban J connectivity index is 1.64. The highest BCUT2D eigenvalue weighted by molar-refractivity contribution is 7.84. The number of aryl methyl sites for hydroxylation is 1. The van der Waals surface area contributed by atoms with Gasteiger partial charge in [-0.3, -0.25) is 8.89 Å². The van der Waals surface area contributed by atoms with Crippen molar-refractivity contribution in [3.63, 3.8) is 0 Å². The Bertz CT molecular complexity index is 646. The van der Waals surface area contributed by atoms with Gasteiger partial charge in [-0.2, -0.15) is 5.10 Å². The molecule has 1 aromatic heterocycles. The third-order valence-electron chi connectivity index (χ3n) is 3.09. The van der Waals surface area contributed by atoms with E-state index in [0.29, 0.717) is 47.8 Å². The number of hydrogen-bond acceptors (Lipinski definition) is 4. The van der Waals surface area contributed by atoms with E-state index in [1.165, 1.54) is 0 Å². The zero-order valence-electron chi connectivity index (χ0n) is 11.3. The molecule has 1 aromatic carbocycles. The normalized spacial score (nSPS) is 14.9. The van der Waals surface area contributed by atoms with E-state index in [4.69, 9.17) is 21.1 Å². The second-order valence-electron chi connectivity index (χ2n) is 4.66. The summed E-state index contributed by atoms with van der Waals surface area (Å²) in [4.78, 5) is 0. The van der Waals surface area contributed by atoms with Gasteiger partial charge < -0.3 is 9.47 Å². The molecule has 0 radical (unpaired) electrons. The Morgan fingerprint density at radius 3 is 3.00 bits per heavy atom. The van der Waals surface area contributed by atoms with E-state index in [1.54, 1.807) is 16.9 Å². The Morgan fingerprint density at radius 1 is 1.33 bits per heavy atom. The average molecular weight is 327 g/mol. The van der Waals surface area contributed by atoms with Crippen LogP contribution in [0.5, 0.6) is 11.5 Å². The first-order chi connectivity index (χ1) is 10.2. The fourth-order valence-corrected chi connectivity index (χ4v) is 3.50. The van der Waals surface area contributed by atoms with E-state index >= 15 is 0 Å². The first kappa shape index (κ1) is 14.4. The number of fused-ring (bicyclic) bond motifs is 1. The zero-order chi connectivity index (χ0) is 14.7. The van der Waals surface area contributed by atoms with Crippen LogP contribution in [-0.2, 0) is 23.1 Å². The minimum absolute atomic E-state index is 0.442. The summed E-state index contributed by atoms with van der Waals surface area (Å²) in [5, 5.41) is 4.60. The van der Waals surface area contributed by atoms with Crippen LogP contribution in [0.15, 0.2) is 30.6 Å². The smallest absolute Gasteiger partial charge is 0.179 e. The molecule has 0 fully saturated rings. The fraction of sp³-hybridized carbons (Fsp3) is 0.357. The van der Waals surface area contributed by atoms with Crippen LogP contribution in [0.4, 0.5) is 0 Å². The zero-order valence-corrected chi connectivity index (χ0v) is 12.9. The summed E-state index contributed by atoms with van der Waals surface area (Å²) in [5.41, 5.74) is 0.892. The first-order valence-corrected chi connectivity index (χ1v) is 8.49. The molecule has 3 rings (SSSR count). The summed E-state index contributed by atoms with van der Waals surface area (Å²) in [6.45, 7) is 1.65. The molecule has 7 heteroatoms. The third kappa shape index (κ3) is 3.57. The molecule has 1 aliphatic rings. The number of rotatable bonds is 5. The summed E-state index contributed by atoms with van der Waals surface area (Å²) in [6, 6.07) is 5.50. The van der Waals surface area contributed by atoms with Crippen molar-refractivity contribution in [3.05, 3.63) is 41.2 Å². The van der Waals surface area contributed by atoms with E-state index in [2.05, 4.69) is 5.10 Å². The number of benzene rings is 1. The second kappa shape index (κ2) is 6.49. The molecule has 0 amide bonds. The molecule has 5 nitrogen and oxygen atoms in total. The molecule has 2 heterocycles. The van der Waals surface area contributed by atoms with Gasteiger partial charge in [0.1, 0.15) is 13.2 Å². The number of aromatic nitrogens is 2. The van der Waals surface area contributed by atoms with E-state index < -0.39 is 10.8 Å². The summed E-state index contributed by atoms with van der Waals surface area (Å²) < 4.78 is 24.9. The Kier molecular flexibility index (Phi) is 4.45. The van der Waals surface area contributed by atoms with Crippen LogP contribution in [0.25, 0.3) is 0 Å². The minimum atomic E-state index is -0.981. The lowest BCUT2D eigenvalue weighted by atomic mass is 10.2. The Morgan fingerprint density at radius 2 is 2.19 bits per heavy atom. The topological polar surface area (TPSA) is 53.4 Å². The molecule has 2 aromatic rings. The first-order valence-electron chi connectivity index (χ1n) is 6.63. The van der Waals surface area contributed by atoms with E-state index in [0.717, 1.165) is 5.56 Å². The molecule has 0 spiro atoms. The highest BCUT2D eigenvalue weighted by atomic mass is 35.5. The van der Waals surface area contributed by atoms with Gasteiger partial charge in [0.15, 0.2) is 11.5 Å². The molecule has 1 atom stereocenters. The van der Waals surface area contributed by atoms with Gasteiger partial charge in [0.2, 0.25) is 0 Å². The van der Waals surface area contributed by atoms with Gasteiger partial charge in [0.25, 0.3) is 0 Å². The number of halogens is 1. The van der Waals surface area contributed by atoms with Crippen molar-refractivity contribution in [1.82, 2.24) is 9.78 Å². The molecular weight excluding hydrogens is 312 g/mol. The van der Waals surface area contributed by atoms with Crippen LogP contribution in [-0.4, -0.2) is 33.0 Å². The van der Waals surface area contributed by atoms with Crippen LogP contribution in [0.2, 0.25) is 5.02 Å². The third-order valence-corrected chi connectivity index (χ3v) is 4.67. The van der Waals surface area contributed by atoms with Gasteiger partial charge in [0.05, 0.1) is 11.6 Å². The highest BCUT2D eigenvalue weighted by Gasteiger charge is 2.17. The SMILES string of the molecule is O=[S@](CCn1cccn1)Cc1cc(Cl)c2c(c1)OCCO2. The molecule has 0 aliphatic carbocycles. The van der Waals surface area contributed by atoms with Gasteiger partial charge >= 0.3 is 0 Å². The average Bonchev–Trinajstić information content (AvgIpc) is 2.98. The van der Waals surface area contributed by atoms with Crippen molar-refractivity contribution in [2.75, 3.05) is 19.0 Å². The summed E-state index contributed by atoms with van der Waals surface area (Å²) in [7, 11) is -0.981.